The number of nitrogens with zero attached hydrogens (tertiary/aromatic N) is 2. The SMILES string of the molecule is CCOc1ccccc1-c1nc(CC(=O)Nc2nc(-c3ccc(C)cc3)cs2)cs1. The number of carbonyl (C=O) groups excluding carboxylic acids is 1. The molecule has 0 aliphatic rings. The molecule has 152 valence electrons. The number of rotatable bonds is 7. The number of carbonyl (C=O) groups is 1. The Balaban J connectivity index is 1.41. The lowest BCUT2D eigenvalue weighted by Gasteiger charge is -2.07. The molecule has 0 saturated carbocycles. The van der Waals surface area contributed by atoms with Crippen LogP contribution in [0.5, 0.6) is 5.75 Å². The van der Waals surface area contributed by atoms with E-state index in [2.05, 4.69) is 34.3 Å². The maximum Gasteiger partial charge on any atom is 0.232 e. The molecular weight excluding hydrogens is 414 g/mol. The minimum atomic E-state index is -0.130. The number of ether oxygens (including phenoxy) is 1. The molecule has 2 heterocycles. The lowest BCUT2D eigenvalue weighted by molar-refractivity contribution is -0.115. The average molecular weight is 436 g/mol. The molecule has 0 bridgehead atoms. The van der Waals surface area contributed by atoms with Gasteiger partial charge in [0, 0.05) is 16.3 Å². The Kier molecular flexibility index (Phi) is 6.21. The van der Waals surface area contributed by atoms with Crippen LogP contribution >= 0.6 is 22.7 Å². The summed E-state index contributed by atoms with van der Waals surface area (Å²) in [4.78, 5) is 21.6. The van der Waals surface area contributed by atoms with Crippen LogP contribution < -0.4 is 10.1 Å². The van der Waals surface area contributed by atoms with Gasteiger partial charge in [-0.2, -0.15) is 0 Å². The molecule has 2 aromatic carbocycles. The number of thiazole rings is 2. The lowest BCUT2D eigenvalue weighted by Crippen LogP contribution is -2.14. The van der Waals surface area contributed by atoms with Crippen molar-refractivity contribution in [2.75, 3.05) is 11.9 Å². The third-order valence-electron chi connectivity index (χ3n) is 4.41. The van der Waals surface area contributed by atoms with E-state index in [0.717, 1.165) is 33.3 Å². The maximum absolute atomic E-state index is 12.5. The molecule has 30 heavy (non-hydrogen) atoms. The van der Waals surface area contributed by atoms with E-state index in [4.69, 9.17) is 4.74 Å². The van der Waals surface area contributed by atoms with Crippen molar-refractivity contribution >= 4 is 33.7 Å². The second-order valence-corrected chi connectivity index (χ2v) is 8.42. The van der Waals surface area contributed by atoms with Crippen molar-refractivity contribution < 1.29 is 9.53 Å². The third-order valence-corrected chi connectivity index (χ3v) is 6.09. The predicted molar refractivity (Wildman–Crippen MR) is 123 cm³/mol. The molecule has 1 amide bonds. The summed E-state index contributed by atoms with van der Waals surface area (Å²) in [6.45, 7) is 4.60. The van der Waals surface area contributed by atoms with E-state index in [1.807, 2.05) is 54.1 Å². The number of amides is 1. The largest absolute Gasteiger partial charge is 0.493 e. The highest BCUT2D eigenvalue weighted by Crippen LogP contribution is 2.32. The van der Waals surface area contributed by atoms with E-state index in [1.165, 1.54) is 28.2 Å². The summed E-state index contributed by atoms with van der Waals surface area (Å²) in [5, 5.41) is 8.18. The van der Waals surface area contributed by atoms with Crippen LogP contribution in [-0.4, -0.2) is 22.5 Å². The normalized spacial score (nSPS) is 10.7. The number of aryl methyl sites for hydroxylation is 1. The molecule has 0 fully saturated rings. The highest BCUT2D eigenvalue weighted by atomic mass is 32.1. The molecule has 0 atom stereocenters. The summed E-state index contributed by atoms with van der Waals surface area (Å²) in [6.07, 6.45) is 0.201. The zero-order valence-corrected chi connectivity index (χ0v) is 18.3. The summed E-state index contributed by atoms with van der Waals surface area (Å²) >= 11 is 2.93. The van der Waals surface area contributed by atoms with Crippen LogP contribution in [0.3, 0.4) is 0 Å². The molecule has 0 aliphatic heterocycles. The Hall–Kier alpha value is -3.03. The fraction of sp³-hybridized carbons (Fsp3) is 0.174. The van der Waals surface area contributed by atoms with Gasteiger partial charge >= 0.3 is 0 Å². The van der Waals surface area contributed by atoms with Crippen molar-refractivity contribution in [1.82, 2.24) is 9.97 Å². The average Bonchev–Trinajstić information content (AvgIpc) is 3.39. The molecule has 5 nitrogen and oxygen atoms in total. The first-order valence-corrected chi connectivity index (χ1v) is 11.4. The minimum absolute atomic E-state index is 0.130. The zero-order valence-electron chi connectivity index (χ0n) is 16.7. The van der Waals surface area contributed by atoms with Crippen LogP contribution in [0.1, 0.15) is 18.2 Å². The standard InChI is InChI=1S/C23H21N3O2S2/c1-3-28-20-7-5-4-6-18(20)22-24-17(13-29-22)12-21(27)26-23-25-19(14-30-23)16-10-8-15(2)9-11-16/h4-11,13-14H,3,12H2,1-2H3,(H,25,26,27). The van der Waals surface area contributed by atoms with Crippen molar-refractivity contribution in [3.05, 3.63) is 70.5 Å². The van der Waals surface area contributed by atoms with Gasteiger partial charge < -0.3 is 10.1 Å². The highest BCUT2D eigenvalue weighted by molar-refractivity contribution is 7.14. The molecule has 2 aromatic heterocycles. The summed E-state index contributed by atoms with van der Waals surface area (Å²) in [7, 11) is 0. The van der Waals surface area contributed by atoms with E-state index in [0.29, 0.717) is 11.7 Å². The topological polar surface area (TPSA) is 64.1 Å². The van der Waals surface area contributed by atoms with Crippen molar-refractivity contribution in [2.45, 2.75) is 20.3 Å². The second-order valence-electron chi connectivity index (χ2n) is 6.70. The Morgan fingerprint density at radius 1 is 1.03 bits per heavy atom. The van der Waals surface area contributed by atoms with Gasteiger partial charge in [0.1, 0.15) is 10.8 Å². The molecule has 0 saturated heterocycles. The summed E-state index contributed by atoms with van der Waals surface area (Å²) < 4.78 is 5.69. The van der Waals surface area contributed by atoms with E-state index in [9.17, 15) is 4.79 Å². The van der Waals surface area contributed by atoms with Gasteiger partial charge in [-0.15, -0.1) is 22.7 Å². The van der Waals surface area contributed by atoms with Crippen LogP contribution in [0.15, 0.2) is 59.3 Å². The monoisotopic (exact) mass is 435 g/mol. The number of para-hydroxylation sites is 1. The van der Waals surface area contributed by atoms with Crippen LogP contribution in [-0.2, 0) is 11.2 Å². The van der Waals surface area contributed by atoms with E-state index in [1.54, 1.807) is 0 Å². The first kappa shape index (κ1) is 20.3. The van der Waals surface area contributed by atoms with Crippen LogP contribution in [0.2, 0.25) is 0 Å². The van der Waals surface area contributed by atoms with E-state index in [-0.39, 0.29) is 12.3 Å². The van der Waals surface area contributed by atoms with Crippen LogP contribution in [0, 0.1) is 6.92 Å². The van der Waals surface area contributed by atoms with Crippen LogP contribution in [0.4, 0.5) is 5.13 Å². The molecule has 4 rings (SSSR count). The summed E-state index contributed by atoms with van der Waals surface area (Å²) in [6, 6.07) is 16.0. The Labute approximate surface area is 183 Å². The lowest BCUT2D eigenvalue weighted by atomic mass is 10.1. The fourth-order valence-electron chi connectivity index (χ4n) is 2.95. The van der Waals surface area contributed by atoms with Crippen molar-refractivity contribution in [3.63, 3.8) is 0 Å². The zero-order chi connectivity index (χ0) is 20.9. The molecule has 4 aromatic rings. The fourth-order valence-corrected chi connectivity index (χ4v) is 4.54. The van der Waals surface area contributed by atoms with Gasteiger partial charge in [-0.3, -0.25) is 4.79 Å². The number of hydrogen-bond acceptors (Lipinski definition) is 6. The molecule has 1 N–H and O–H groups in total. The number of nitrogens with one attached hydrogen (secondary N) is 1. The van der Waals surface area contributed by atoms with Gasteiger partial charge in [0.05, 0.1) is 30.0 Å². The molecule has 0 radical (unpaired) electrons. The van der Waals surface area contributed by atoms with Gasteiger partial charge in [-0.25, -0.2) is 9.97 Å². The van der Waals surface area contributed by atoms with Gasteiger partial charge in [0.2, 0.25) is 5.91 Å². The summed E-state index contributed by atoms with van der Waals surface area (Å²) in [5.41, 5.74) is 4.77. The quantitative estimate of drug-likeness (QED) is 0.397. The molecule has 7 heteroatoms. The highest BCUT2D eigenvalue weighted by Gasteiger charge is 2.14. The van der Waals surface area contributed by atoms with E-state index < -0.39 is 0 Å². The number of benzene rings is 2. The van der Waals surface area contributed by atoms with Crippen molar-refractivity contribution in [2.24, 2.45) is 0 Å². The van der Waals surface area contributed by atoms with Gasteiger partial charge in [0.25, 0.3) is 0 Å². The van der Waals surface area contributed by atoms with Gasteiger partial charge in [0.15, 0.2) is 5.13 Å². The molecule has 0 spiro atoms. The Bertz CT molecular complexity index is 1150. The predicted octanol–water partition coefficient (Wildman–Crippen LogP) is 5.82. The second kappa shape index (κ2) is 9.19. The Morgan fingerprint density at radius 3 is 2.63 bits per heavy atom. The van der Waals surface area contributed by atoms with Crippen LogP contribution in [0.25, 0.3) is 21.8 Å². The van der Waals surface area contributed by atoms with E-state index >= 15 is 0 Å². The smallest absolute Gasteiger partial charge is 0.232 e. The van der Waals surface area contributed by atoms with Gasteiger partial charge in [-0.1, -0.05) is 42.0 Å². The minimum Gasteiger partial charge on any atom is -0.493 e. The molecule has 0 aliphatic carbocycles. The number of hydrogen-bond donors (Lipinski definition) is 1. The van der Waals surface area contributed by atoms with Crippen molar-refractivity contribution in [3.8, 4) is 27.6 Å². The first-order chi connectivity index (χ1) is 14.6. The number of aromatic nitrogens is 2. The molecule has 0 unspecified atom stereocenters. The summed E-state index contributed by atoms with van der Waals surface area (Å²) in [5.74, 6) is 0.673. The first-order valence-electron chi connectivity index (χ1n) is 9.61. The number of anilines is 1. The third kappa shape index (κ3) is 4.75. The maximum atomic E-state index is 12.5. The van der Waals surface area contributed by atoms with Crippen molar-refractivity contribution in [1.29, 1.82) is 0 Å². The molecular formula is C23H21N3O2S2. The van der Waals surface area contributed by atoms with Gasteiger partial charge in [-0.05, 0) is 26.0 Å². The Morgan fingerprint density at radius 2 is 1.83 bits per heavy atom.